The second-order valence-corrected chi connectivity index (χ2v) is 6.53. The zero-order valence-corrected chi connectivity index (χ0v) is 14.7. The van der Waals surface area contributed by atoms with Gasteiger partial charge in [-0.3, -0.25) is 9.69 Å². The smallest absolute Gasteiger partial charge is 0.234 e. The first-order chi connectivity index (χ1) is 11.3. The number of hydrogen-bond donors (Lipinski definition) is 1. The van der Waals surface area contributed by atoms with Crippen molar-refractivity contribution in [3.05, 3.63) is 59.3 Å². The number of hydrogen-bond acceptors (Lipinski definition) is 3. The lowest BCUT2D eigenvalue weighted by atomic mass is 9.96. The van der Waals surface area contributed by atoms with Gasteiger partial charge in [0.25, 0.3) is 0 Å². The van der Waals surface area contributed by atoms with Gasteiger partial charge in [0.15, 0.2) is 0 Å². The highest BCUT2D eigenvalue weighted by Gasteiger charge is 2.19. The standard InChI is InChI=1S/C19H25FN2O2/c1-13(2)19(15-6-8-16(20)9-7-15)21-18(23)12-22(4)11-17-10-5-14(3)24-17/h5-10,13,19H,11-12H2,1-4H3,(H,21,23)/t19-/m0/s1. The van der Waals surface area contributed by atoms with E-state index in [2.05, 4.69) is 5.32 Å². The molecule has 0 bridgehead atoms. The van der Waals surface area contributed by atoms with Crippen molar-refractivity contribution in [1.29, 1.82) is 0 Å². The van der Waals surface area contributed by atoms with E-state index in [4.69, 9.17) is 4.42 Å². The fraction of sp³-hybridized carbons (Fsp3) is 0.421. The highest BCUT2D eigenvalue weighted by atomic mass is 19.1. The normalized spacial score (nSPS) is 12.6. The number of furan rings is 1. The van der Waals surface area contributed by atoms with Gasteiger partial charge in [-0.2, -0.15) is 0 Å². The van der Waals surface area contributed by atoms with Crippen LogP contribution in [0, 0.1) is 18.7 Å². The number of rotatable bonds is 7. The lowest BCUT2D eigenvalue weighted by Gasteiger charge is -2.24. The third-order valence-electron chi connectivity index (χ3n) is 3.85. The van der Waals surface area contributed by atoms with Crippen LogP contribution in [0.4, 0.5) is 4.39 Å². The molecule has 1 amide bonds. The number of aryl methyl sites for hydroxylation is 1. The Hall–Kier alpha value is -2.14. The zero-order valence-electron chi connectivity index (χ0n) is 14.7. The van der Waals surface area contributed by atoms with Crippen LogP contribution < -0.4 is 5.32 Å². The minimum Gasteiger partial charge on any atom is -0.465 e. The molecule has 1 heterocycles. The molecule has 0 aliphatic heterocycles. The van der Waals surface area contributed by atoms with Gasteiger partial charge >= 0.3 is 0 Å². The molecule has 0 fully saturated rings. The summed E-state index contributed by atoms with van der Waals surface area (Å²) >= 11 is 0. The molecule has 0 aliphatic carbocycles. The van der Waals surface area contributed by atoms with Gasteiger partial charge in [-0.1, -0.05) is 26.0 Å². The number of carbonyl (C=O) groups is 1. The van der Waals surface area contributed by atoms with E-state index in [0.717, 1.165) is 17.1 Å². The van der Waals surface area contributed by atoms with Crippen molar-refractivity contribution in [2.45, 2.75) is 33.4 Å². The maximum Gasteiger partial charge on any atom is 0.234 e. The van der Waals surface area contributed by atoms with Crippen LogP contribution in [0.3, 0.4) is 0 Å². The van der Waals surface area contributed by atoms with E-state index in [9.17, 15) is 9.18 Å². The van der Waals surface area contributed by atoms with Crippen molar-refractivity contribution in [3.63, 3.8) is 0 Å². The Morgan fingerprint density at radius 1 is 1.21 bits per heavy atom. The Labute approximate surface area is 142 Å². The SMILES string of the molecule is Cc1ccc(CN(C)CC(=O)N[C@H](c2ccc(F)cc2)C(C)C)o1. The Balaban J connectivity index is 1.94. The van der Waals surface area contributed by atoms with Crippen LogP contribution in [0.5, 0.6) is 0 Å². The van der Waals surface area contributed by atoms with E-state index in [-0.39, 0.29) is 30.2 Å². The van der Waals surface area contributed by atoms with Crippen LogP contribution in [0.15, 0.2) is 40.8 Å². The molecule has 1 aromatic carbocycles. The third kappa shape index (κ3) is 5.20. The molecule has 130 valence electrons. The number of benzene rings is 1. The highest BCUT2D eigenvalue weighted by molar-refractivity contribution is 5.78. The molecule has 2 aromatic rings. The fourth-order valence-corrected chi connectivity index (χ4v) is 2.66. The summed E-state index contributed by atoms with van der Waals surface area (Å²) in [5, 5.41) is 3.04. The predicted octanol–water partition coefficient (Wildman–Crippen LogP) is 3.67. The summed E-state index contributed by atoms with van der Waals surface area (Å²) in [5.41, 5.74) is 0.907. The van der Waals surface area contributed by atoms with Crippen molar-refractivity contribution in [2.75, 3.05) is 13.6 Å². The maximum absolute atomic E-state index is 13.1. The summed E-state index contributed by atoms with van der Waals surface area (Å²) in [4.78, 5) is 14.2. The minimum atomic E-state index is -0.277. The Morgan fingerprint density at radius 2 is 1.88 bits per heavy atom. The molecule has 24 heavy (non-hydrogen) atoms. The van der Waals surface area contributed by atoms with Gasteiger partial charge in [0, 0.05) is 0 Å². The first kappa shape index (κ1) is 18.2. The van der Waals surface area contributed by atoms with E-state index in [1.807, 2.05) is 44.9 Å². The van der Waals surface area contributed by atoms with E-state index < -0.39 is 0 Å². The molecule has 0 spiro atoms. The number of carbonyl (C=O) groups excluding carboxylic acids is 1. The molecule has 0 saturated heterocycles. The number of amides is 1. The van der Waals surface area contributed by atoms with Gasteiger partial charge in [-0.15, -0.1) is 0 Å². The molecule has 0 aliphatic rings. The molecule has 1 aromatic heterocycles. The number of nitrogens with one attached hydrogen (secondary N) is 1. The van der Waals surface area contributed by atoms with E-state index in [1.165, 1.54) is 12.1 Å². The summed E-state index contributed by atoms with van der Waals surface area (Å²) < 4.78 is 18.6. The molecule has 1 atom stereocenters. The second-order valence-electron chi connectivity index (χ2n) is 6.53. The van der Waals surface area contributed by atoms with Crippen LogP contribution in [-0.4, -0.2) is 24.4 Å². The van der Waals surface area contributed by atoms with Crippen molar-refractivity contribution < 1.29 is 13.6 Å². The van der Waals surface area contributed by atoms with E-state index in [0.29, 0.717) is 6.54 Å². The molecule has 0 saturated carbocycles. The van der Waals surface area contributed by atoms with Crippen molar-refractivity contribution in [1.82, 2.24) is 10.2 Å². The first-order valence-corrected chi connectivity index (χ1v) is 8.14. The summed E-state index contributed by atoms with van der Waals surface area (Å²) in [6.45, 7) is 6.80. The Morgan fingerprint density at radius 3 is 2.42 bits per heavy atom. The third-order valence-corrected chi connectivity index (χ3v) is 3.85. The molecule has 2 rings (SSSR count). The van der Waals surface area contributed by atoms with Gasteiger partial charge in [0.2, 0.25) is 5.91 Å². The largest absolute Gasteiger partial charge is 0.465 e. The predicted molar refractivity (Wildman–Crippen MR) is 91.9 cm³/mol. The van der Waals surface area contributed by atoms with Crippen LogP contribution in [0.2, 0.25) is 0 Å². The van der Waals surface area contributed by atoms with Gasteiger partial charge in [0.1, 0.15) is 17.3 Å². The number of likely N-dealkylation sites (N-methyl/N-ethyl adjacent to an activating group) is 1. The van der Waals surface area contributed by atoms with Gasteiger partial charge in [-0.25, -0.2) is 4.39 Å². The van der Waals surface area contributed by atoms with Gasteiger partial charge in [0.05, 0.1) is 19.1 Å². The summed E-state index contributed by atoms with van der Waals surface area (Å²) in [7, 11) is 1.87. The molecule has 0 unspecified atom stereocenters. The van der Waals surface area contributed by atoms with Crippen LogP contribution in [-0.2, 0) is 11.3 Å². The van der Waals surface area contributed by atoms with E-state index in [1.54, 1.807) is 12.1 Å². The summed E-state index contributed by atoms with van der Waals surface area (Å²) in [6.07, 6.45) is 0. The Kier molecular flexibility index (Phi) is 6.15. The average Bonchev–Trinajstić information content (AvgIpc) is 2.90. The lowest BCUT2D eigenvalue weighted by Crippen LogP contribution is -2.38. The summed E-state index contributed by atoms with van der Waals surface area (Å²) in [5.74, 6) is 1.56. The average molecular weight is 332 g/mol. The Bertz CT molecular complexity index is 664. The number of nitrogens with zero attached hydrogens (tertiary/aromatic N) is 1. The monoisotopic (exact) mass is 332 g/mol. The van der Waals surface area contributed by atoms with E-state index >= 15 is 0 Å². The highest BCUT2D eigenvalue weighted by Crippen LogP contribution is 2.22. The van der Waals surface area contributed by atoms with Gasteiger partial charge < -0.3 is 9.73 Å². The van der Waals surface area contributed by atoms with Crippen LogP contribution in [0.25, 0.3) is 0 Å². The van der Waals surface area contributed by atoms with Crippen LogP contribution >= 0.6 is 0 Å². The molecule has 5 heteroatoms. The lowest BCUT2D eigenvalue weighted by molar-refractivity contribution is -0.123. The quantitative estimate of drug-likeness (QED) is 0.841. The van der Waals surface area contributed by atoms with Crippen molar-refractivity contribution in [2.24, 2.45) is 5.92 Å². The minimum absolute atomic E-state index is 0.0659. The first-order valence-electron chi connectivity index (χ1n) is 8.14. The maximum atomic E-state index is 13.1. The molecule has 1 N–H and O–H groups in total. The van der Waals surface area contributed by atoms with Gasteiger partial charge in [-0.05, 0) is 49.7 Å². The second kappa shape index (κ2) is 8.11. The zero-order chi connectivity index (χ0) is 17.7. The molecular weight excluding hydrogens is 307 g/mol. The fourth-order valence-electron chi connectivity index (χ4n) is 2.66. The van der Waals surface area contributed by atoms with Crippen molar-refractivity contribution >= 4 is 5.91 Å². The molecule has 4 nitrogen and oxygen atoms in total. The molecule has 0 radical (unpaired) electrons. The molecular formula is C19H25FN2O2. The van der Waals surface area contributed by atoms with Crippen LogP contribution in [0.1, 0.15) is 37.0 Å². The van der Waals surface area contributed by atoms with Crippen molar-refractivity contribution in [3.8, 4) is 0 Å². The number of halogens is 1. The summed E-state index contributed by atoms with van der Waals surface area (Å²) in [6, 6.07) is 9.96. The topological polar surface area (TPSA) is 45.5 Å².